The molecule has 3 rings (SSSR count). The van der Waals surface area contributed by atoms with E-state index in [1.165, 1.54) is 0 Å². The van der Waals surface area contributed by atoms with E-state index in [4.69, 9.17) is 9.47 Å². The molecule has 0 saturated heterocycles. The minimum absolute atomic E-state index is 0.103. The predicted molar refractivity (Wildman–Crippen MR) is 64.9 cm³/mol. The Morgan fingerprint density at radius 2 is 2.12 bits per heavy atom. The molecule has 86 valence electrons. The normalized spacial score (nSPS) is 12.7. The molecule has 0 radical (unpaired) electrons. The van der Waals surface area contributed by atoms with Crippen molar-refractivity contribution in [3.05, 3.63) is 46.2 Å². The summed E-state index contributed by atoms with van der Waals surface area (Å²) in [7, 11) is 0. The van der Waals surface area contributed by atoms with Crippen LogP contribution in [0.1, 0.15) is 15.2 Å². The molecule has 2 aromatic rings. The molecule has 0 atom stereocenters. The Morgan fingerprint density at radius 3 is 2.94 bits per heavy atom. The molecule has 0 aliphatic carbocycles. The van der Waals surface area contributed by atoms with Gasteiger partial charge in [0.1, 0.15) is 0 Å². The maximum Gasteiger partial charge on any atom is 0.231 e. The molecule has 0 bridgehead atoms. The summed E-state index contributed by atoms with van der Waals surface area (Å²) in [4.78, 5) is 13.1. The first kappa shape index (κ1) is 10.4. The van der Waals surface area contributed by atoms with Crippen LogP contribution in [0.4, 0.5) is 0 Å². The van der Waals surface area contributed by atoms with Gasteiger partial charge in [-0.15, -0.1) is 11.3 Å². The number of rotatable bonds is 3. The van der Waals surface area contributed by atoms with Crippen LogP contribution in [-0.4, -0.2) is 12.6 Å². The lowest BCUT2D eigenvalue weighted by atomic mass is 10.1. The number of carbonyl (C=O) groups is 1. The molecule has 1 aromatic carbocycles. The molecular formula is C13H10O3S. The Balaban J connectivity index is 1.82. The fourth-order valence-electron chi connectivity index (χ4n) is 1.74. The van der Waals surface area contributed by atoms with Gasteiger partial charge in [0.25, 0.3) is 0 Å². The summed E-state index contributed by atoms with van der Waals surface area (Å²) >= 11 is 1.59. The maximum absolute atomic E-state index is 12.0. The van der Waals surface area contributed by atoms with Gasteiger partial charge in [-0.05, 0) is 29.6 Å². The van der Waals surface area contributed by atoms with Crippen LogP contribution in [0.2, 0.25) is 0 Å². The molecular weight excluding hydrogens is 236 g/mol. The Bertz CT molecular complexity index is 546. The molecule has 0 saturated carbocycles. The number of ketones is 1. The third-order valence-electron chi connectivity index (χ3n) is 2.61. The maximum atomic E-state index is 12.0. The van der Waals surface area contributed by atoms with E-state index in [1.54, 1.807) is 29.5 Å². The number of ether oxygens (including phenoxy) is 2. The molecule has 3 nitrogen and oxygen atoms in total. The third-order valence-corrected chi connectivity index (χ3v) is 3.49. The lowest BCUT2D eigenvalue weighted by molar-refractivity contribution is 0.0993. The average Bonchev–Trinajstić information content (AvgIpc) is 2.97. The molecule has 1 aliphatic rings. The monoisotopic (exact) mass is 246 g/mol. The van der Waals surface area contributed by atoms with E-state index in [-0.39, 0.29) is 12.6 Å². The van der Waals surface area contributed by atoms with Crippen LogP contribution in [0, 0.1) is 0 Å². The second-order valence-electron chi connectivity index (χ2n) is 3.75. The number of hydrogen-bond acceptors (Lipinski definition) is 4. The third kappa shape index (κ3) is 2.03. The Morgan fingerprint density at radius 1 is 1.24 bits per heavy atom. The Kier molecular flexibility index (Phi) is 2.57. The van der Waals surface area contributed by atoms with Crippen molar-refractivity contribution in [1.29, 1.82) is 0 Å². The van der Waals surface area contributed by atoms with Gasteiger partial charge in [-0.3, -0.25) is 4.79 Å². The highest BCUT2D eigenvalue weighted by molar-refractivity contribution is 7.10. The van der Waals surface area contributed by atoms with Gasteiger partial charge < -0.3 is 9.47 Å². The fraction of sp³-hybridized carbons (Fsp3) is 0.154. The molecule has 0 amide bonds. The molecule has 0 unspecified atom stereocenters. The van der Waals surface area contributed by atoms with Crippen molar-refractivity contribution in [3.8, 4) is 11.5 Å². The minimum Gasteiger partial charge on any atom is -0.454 e. The highest BCUT2D eigenvalue weighted by Crippen LogP contribution is 2.32. The van der Waals surface area contributed by atoms with Gasteiger partial charge in [-0.1, -0.05) is 6.07 Å². The summed E-state index contributed by atoms with van der Waals surface area (Å²) in [6.45, 7) is 0.234. The van der Waals surface area contributed by atoms with Crippen LogP contribution in [-0.2, 0) is 6.42 Å². The van der Waals surface area contributed by atoms with Gasteiger partial charge in [-0.2, -0.15) is 0 Å². The fourth-order valence-corrected chi connectivity index (χ4v) is 2.45. The number of benzene rings is 1. The number of hydrogen-bond donors (Lipinski definition) is 0. The summed E-state index contributed by atoms with van der Waals surface area (Å²) in [5.41, 5.74) is 0.669. The van der Waals surface area contributed by atoms with Gasteiger partial charge in [0.05, 0.1) is 0 Å². The summed E-state index contributed by atoms with van der Waals surface area (Å²) in [6, 6.07) is 9.23. The van der Waals surface area contributed by atoms with Crippen LogP contribution in [0.25, 0.3) is 0 Å². The molecule has 1 aromatic heterocycles. The van der Waals surface area contributed by atoms with Gasteiger partial charge in [0, 0.05) is 16.9 Å². The smallest absolute Gasteiger partial charge is 0.231 e. The first-order chi connectivity index (χ1) is 8.33. The second-order valence-corrected chi connectivity index (χ2v) is 4.78. The number of carbonyl (C=O) groups excluding carboxylic acids is 1. The SMILES string of the molecule is O=C(Cc1cccs1)c1ccc2c(c1)OCO2. The molecule has 4 heteroatoms. The zero-order valence-corrected chi connectivity index (χ0v) is 9.83. The lowest BCUT2D eigenvalue weighted by Gasteiger charge is -2.01. The number of thiophene rings is 1. The van der Waals surface area contributed by atoms with Crippen molar-refractivity contribution < 1.29 is 14.3 Å². The molecule has 1 aliphatic heterocycles. The zero-order chi connectivity index (χ0) is 11.7. The van der Waals surface area contributed by atoms with Gasteiger partial charge in [-0.25, -0.2) is 0 Å². The molecule has 2 heterocycles. The molecule has 0 N–H and O–H groups in total. The summed E-state index contributed by atoms with van der Waals surface area (Å²) in [5.74, 6) is 1.46. The van der Waals surface area contributed by atoms with Crippen molar-refractivity contribution in [1.82, 2.24) is 0 Å². The number of Topliss-reactive ketones (excluding diaryl/α,β-unsaturated/α-hetero) is 1. The van der Waals surface area contributed by atoms with E-state index in [2.05, 4.69) is 0 Å². The van der Waals surface area contributed by atoms with Crippen molar-refractivity contribution >= 4 is 17.1 Å². The predicted octanol–water partition coefficient (Wildman–Crippen LogP) is 2.90. The molecule has 0 spiro atoms. The number of fused-ring (bicyclic) bond motifs is 1. The highest BCUT2D eigenvalue weighted by Gasteiger charge is 2.16. The van der Waals surface area contributed by atoms with Crippen molar-refractivity contribution in [2.75, 3.05) is 6.79 Å². The lowest BCUT2D eigenvalue weighted by Crippen LogP contribution is -2.01. The van der Waals surface area contributed by atoms with Crippen LogP contribution < -0.4 is 9.47 Å². The van der Waals surface area contributed by atoms with Crippen LogP contribution in [0.5, 0.6) is 11.5 Å². The largest absolute Gasteiger partial charge is 0.454 e. The second kappa shape index (κ2) is 4.22. The summed E-state index contributed by atoms with van der Waals surface area (Å²) in [5, 5.41) is 1.97. The molecule has 17 heavy (non-hydrogen) atoms. The van der Waals surface area contributed by atoms with E-state index in [9.17, 15) is 4.79 Å². The van der Waals surface area contributed by atoms with Crippen LogP contribution in [0.3, 0.4) is 0 Å². The van der Waals surface area contributed by atoms with Gasteiger partial charge >= 0.3 is 0 Å². The molecule has 0 fully saturated rings. The van der Waals surface area contributed by atoms with Crippen LogP contribution >= 0.6 is 11.3 Å². The Hall–Kier alpha value is -1.81. The van der Waals surface area contributed by atoms with E-state index in [0.717, 1.165) is 4.88 Å². The van der Waals surface area contributed by atoms with Crippen molar-refractivity contribution in [2.45, 2.75) is 6.42 Å². The topological polar surface area (TPSA) is 35.5 Å². The Labute approximate surface area is 103 Å². The first-order valence-electron chi connectivity index (χ1n) is 5.28. The average molecular weight is 246 g/mol. The van der Waals surface area contributed by atoms with E-state index in [1.807, 2.05) is 17.5 Å². The van der Waals surface area contributed by atoms with Crippen molar-refractivity contribution in [3.63, 3.8) is 0 Å². The van der Waals surface area contributed by atoms with Gasteiger partial charge in [0.2, 0.25) is 6.79 Å². The summed E-state index contributed by atoms with van der Waals surface area (Å²) < 4.78 is 10.5. The standard InChI is InChI=1S/C13H10O3S/c14-11(7-10-2-1-5-17-10)9-3-4-12-13(6-9)16-8-15-12/h1-6H,7-8H2. The van der Waals surface area contributed by atoms with E-state index >= 15 is 0 Å². The first-order valence-corrected chi connectivity index (χ1v) is 6.16. The summed E-state index contributed by atoms with van der Waals surface area (Å²) in [6.07, 6.45) is 0.442. The highest BCUT2D eigenvalue weighted by atomic mass is 32.1. The minimum atomic E-state index is 0.103. The zero-order valence-electron chi connectivity index (χ0n) is 9.01. The van der Waals surface area contributed by atoms with E-state index < -0.39 is 0 Å². The van der Waals surface area contributed by atoms with E-state index in [0.29, 0.717) is 23.5 Å². The van der Waals surface area contributed by atoms with Crippen molar-refractivity contribution in [2.24, 2.45) is 0 Å². The quantitative estimate of drug-likeness (QED) is 0.781. The van der Waals surface area contributed by atoms with Crippen LogP contribution in [0.15, 0.2) is 35.7 Å². The van der Waals surface area contributed by atoms with Gasteiger partial charge in [0.15, 0.2) is 17.3 Å².